The van der Waals surface area contributed by atoms with Crippen molar-refractivity contribution in [1.82, 2.24) is 14.7 Å². The molecule has 6 nitrogen and oxygen atoms in total. The maximum absolute atomic E-state index is 11.8. The topological polar surface area (TPSA) is 56.3 Å². The van der Waals surface area contributed by atoms with Crippen LogP contribution in [0.5, 0.6) is 0 Å². The number of rotatable bonds is 5. The maximum atomic E-state index is 11.8. The molecule has 1 aliphatic heterocycles. The first kappa shape index (κ1) is 16.2. The molecular formula is C13H27N3O3. The summed E-state index contributed by atoms with van der Waals surface area (Å²) < 4.78 is 5.39. The summed E-state index contributed by atoms with van der Waals surface area (Å²) in [6.45, 7) is 7.93. The van der Waals surface area contributed by atoms with Gasteiger partial charge in [-0.1, -0.05) is 0 Å². The molecule has 112 valence electrons. The third-order valence-electron chi connectivity index (χ3n) is 3.12. The summed E-state index contributed by atoms with van der Waals surface area (Å²) in [5, 5.41) is 9.86. The zero-order valence-corrected chi connectivity index (χ0v) is 12.5. The third kappa shape index (κ3) is 5.76. The van der Waals surface area contributed by atoms with Gasteiger partial charge >= 0.3 is 6.03 Å². The number of urea groups is 1. The zero-order valence-electron chi connectivity index (χ0n) is 12.5. The normalized spacial score (nSPS) is 18.7. The molecular weight excluding hydrogens is 246 g/mol. The van der Waals surface area contributed by atoms with Crippen LogP contribution in [0.1, 0.15) is 13.8 Å². The van der Waals surface area contributed by atoms with Gasteiger partial charge in [0.15, 0.2) is 0 Å². The first-order chi connectivity index (χ1) is 8.90. The van der Waals surface area contributed by atoms with Crippen molar-refractivity contribution in [2.75, 3.05) is 53.4 Å². The number of aliphatic hydroxyl groups excluding tert-OH is 1. The van der Waals surface area contributed by atoms with Crippen molar-refractivity contribution < 1.29 is 14.6 Å². The summed E-state index contributed by atoms with van der Waals surface area (Å²) in [5.41, 5.74) is 0. The predicted molar refractivity (Wildman–Crippen MR) is 74.2 cm³/mol. The third-order valence-corrected chi connectivity index (χ3v) is 3.12. The number of piperazine rings is 1. The van der Waals surface area contributed by atoms with Crippen LogP contribution >= 0.6 is 0 Å². The van der Waals surface area contributed by atoms with Crippen molar-refractivity contribution in [2.45, 2.75) is 26.1 Å². The molecule has 19 heavy (non-hydrogen) atoms. The van der Waals surface area contributed by atoms with E-state index in [0.717, 1.165) is 26.2 Å². The van der Waals surface area contributed by atoms with Gasteiger partial charge in [-0.25, -0.2) is 4.79 Å². The van der Waals surface area contributed by atoms with Gasteiger partial charge in [0.05, 0.1) is 18.8 Å². The Labute approximate surface area is 115 Å². The molecule has 2 amide bonds. The average molecular weight is 273 g/mol. The van der Waals surface area contributed by atoms with Gasteiger partial charge in [0.2, 0.25) is 0 Å². The predicted octanol–water partition coefficient (Wildman–Crippen LogP) is 0.0715. The van der Waals surface area contributed by atoms with Crippen molar-refractivity contribution in [3.05, 3.63) is 0 Å². The summed E-state index contributed by atoms with van der Waals surface area (Å²) in [5.74, 6) is 0. The lowest BCUT2D eigenvalue weighted by Gasteiger charge is -2.36. The summed E-state index contributed by atoms with van der Waals surface area (Å²) in [7, 11) is 3.53. The van der Waals surface area contributed by atoms with Crippen LogP contribution in [-0.4, -0.2) is 91.5 Å². The Hall–Kier alpha value is -0.850. The molecule has 0 aromatic carbocycles. The van der Waals surface area contributed by atoms with E-state index in [-0.39, 0.29) is 12.1 Å². The lowest BCUT2D eigenvalue weighted by atomic mass is 10.2. The van der Waals surface area contributed by atoms with E-state index in [1.807, 2.05) is 18.7 Å². The molecule has 1 unspecified atom stereocenters. The van der Waals surface area contributed by atoms with E-state index in [9.17, 15) is 9.90 Å². The highest BCUT2D eigenvalue weighted by atomic mass is 16.5. The maximum Gasteiger partial charge on any atom is 0.319 e. The number of hydrogen-bond donors (Lipinski definition) is 1. The Morgan fingerprint density at radius 3 is 2.32 bits per heavy atom. The van der Waals surface area contributed by atoms with Gasteiger partial charge in [-0.3, -0.25) is 4.90 Å². The Kier molecular flexibility index (Phi) is 6.54. The van der Waals surface area contributed by atoms with E-state index in [4.69, 9.17) is 4.74 Å². The van der Waals surface area contributed by atoms with Gasteiger partial charge < -0.3 is 19.6 Å². The molecule has 1 heterocycles. The highest BCUT2D eigenvalue weighted by Crippen LogP contribution is 2.05. The number of β-amino-alcohol motifs (C(OH)–C–C–N with tert-alkyl or cyclic N) is 1. The molecule has 0 bridgehead atoms. The number of nitrogens with zero attached hydrogens (tertiary/aromatic N) is 3. The Morgan fingerprint density at radius 2 is 1.84 bits per heavy atom. The van der Waals surface area contributed by atoms with Crippen molar-refractivity contribution in [2.24, 2.45) is 0 Å². The standard InChI is InChI=1S/C13H27N3O3/c1-11(2)19-10-12(17)9-15-5-7-16(8-6-15)13(18)14(3)4/h11-12,17H,5-10H2,1-4H3. The van der Waals surface area contributed by atoms with Crippen LogP contribution in [0.4, 0.5) is 4.79 Å². The number of carbonyl (C=O) groups is 1. The zero-order chi connectivity index (χ0) is 14.4. The minimum absolute atomic E-state index is 0.0586. The SMILES string of the molecule is CC(C)OCC(O)CN1CCN(C(=O)N(C)C)CC1. The monoisotopic (exact) mass is 273 g/mol. The Balaban J connectivity index is 2.24. The largest absolute Gasteiger partial charge is 0.389 e. The number of ether oxygens (including phenoxy) is 1. The van der Waals surface area contributed by atoms with E-state index < -0.39 is 6.10 Å². The fourth-order valence-corrected chi connectivity index (χ4v) is 2.06. The second kappa shape index (κ2) is 7.67. The number of aliphatic hydroxyl groups is 1. The van der Waals surface area contributed by atoms with Crippen LogP contribution in [0.3, 0.4) is 0 Å². The molecule has 0 spiro atoms. The molecule has 0 aromatic rings. The highest BCUT2D eigenvalue weighted by Gasteiger charge is 2.23. The van der Waals surface area contributed by atoms with Crippen molar-refractivity contribution >= 4 is 6.03 Å². The summed E-state index contributed by atoms with van der Waals surface area (Å²) in [6.07, 6.45) is -0.317. The first-order valence-corrected chi connectivity index (χ1v) is 6.88. The van der Waals surface area contributed by atoms with Crippen LogP contribution in [0.15, 0.2) is 0 Å². The molecule has 1 aliphatic rings. The second-order valence-corrected chi connectivity index (χ2v) is 5.50. The quantitative estimate of drug-likeness (QED) is 0.770. The van der Waals surface area contributed by atoms with Crippen LogP contribution in [0.25, 0.3) is 0 Å². The minimum atomic E-state index is -0.460. The van der Waals surface area contributed by atoms with Gasteiger partial charge in [0.1, 0.15) is 0 Å². The lowest BCUT2D eigenvalue weighted by molar-refractivity contribution is -0.0132. The molecule has 1 atom stereocenters. The molecule has 0 aliphatic carbocycles. The molecule has 0 aromatic heterocycles. The van der Waals surface area contributed by atoms with E-state index >= 15 is 0 Å². The summed E-state index contributed by atoms with van der Waals surface area (Å²) in [4.78, 5) is 17.4. The molecule has 1 fully saturated rings. The van der Waals surface area contributed by atoms with Crippen molar-refractivity contribution in [3.8, 4) is 0 Å². The van der Waals surface area contributed by atoms with Crippen molar-refractivity contribution in [1.29, 1.82) is 0 Å². The molecule has 6 heteroatoms. The van der Waals surface area contributed by atoms with Gasteiger partial charge in [-0.2, -0.15) is 0 Å². The number of hydrogen-bond acceptors (Lipinski definition) is 4. The fourth-order valence-electron chi connectivity index (χ4n) is 2.06. The first-order valence-electron chi connectivity index (χ1n) is 6.88. The average Bonchev–Trinajstić information content (AvgIpc) is 2.36. The van der Waals surface area contributed by atoms with Crippen LogP contribution < -0.4 is 0 Å². The summed E-state index contributed by atoms with van der Waals surface area (Å²) >= 11 is 0. The molecule has 1 N–H and O–H groups in total. The van der Waals surface area contributed by atoms with Gasteiger partial charge in [-0.05, 0) is 13.8 Å². The Morgan fingerprint density at radius 1 is 1.26 bits per heavy atom. The van der Waals surface area contributed by atoms with E-state index in [0.29, 0.717) is 13.2 Å². The Bertz CT molecular complexity index is 276. The van der Waals surface area contributed by atoms with E-state index in [1.165, 1.54) is 0 Å². The minimum Gasteiger partial charge on any atom is -0.389 e. The van der Waals surface area contributed by atoms with Gasteiger partial charge in [0.25, 0.3) is 0 Å². The van der Waals surface area contributed by atoms with Crippen LogP contribution in [0.2, 0.25) is 0 Å². The molecule has 0 radical (unpaired) electrons. The van der Waals surface area contributed by atoms with Gasteiger partial charge in [0, 0.05) is 46.8 Å². The number of carbonyl (C=O) groups excluding carboxylic acids is 1. The lowest BCUT2D eigenvalue weighted by Crippen LogP contribution is -2.53. The highest BCUT2D eigenvalue weighted by molar-refractivity contribution is 5.73. The smallest absolute Gasteiger partial charge is 0.319 e. The van der Waals surface area contributed by atoms with Crippen LogP contribution in [-0.2, 0) is 4.74 Å². The van der Waals surface area contributed by atoms with E-state index in [2.05, 4.69) is 4.90 Å². The molecule has 1 rings (SSSR count). The van der Waals surface area contributed by atoms with Crippen LogP contribution in [0, 0.1) is 0 Å². The van der Waals surface area contributed by atoms with Gasteiger partial charge in [-0.15, -0.1) is 0 Å². The summed E-state index contributed by atoms with van der Waals surface area (Å²) in [6, 6.07) is 0.0586. The second-order valence-electron chi connectivity index (χ2n) is 5.50. The van der Waals surface area contributed by atoms with Crippen molar-refractivity contribution in [3.63, 3.8) is 0 Å². The van der Waals surface area contributed by atoms with E-state index in [1.54, 1.807) is 19.0 Å². The number of amides is 2. The molecule has 1 saturated heterocycles. The fraction of sp³-hybridized carbons (Fsp3) is 0.923. The molecule has 0 saturated carbocycles.